The van der Waals surface area contributed by atoms with Crippen LogP contribution in [0.15, 0.2) is 54.9 Å². The summed E-state index contributed by atoms with van der Waals surface area (Å²) >= 11 is 0. The standard InChI is InChI=1S/C16H10F2N2O/c17-12-8-19-9-13(18)15(12)16(21)20-14-7-3-5-10-4-1-2-6-11(10)14/h1-9H,(H,20,21). The van der Waals surface area contributed by atoms with E-state index in [4.69, 9.17) is 0 Å². The van der Waals surface area contributed by atoms with Crippen molar-refractivity contribution in [1.29, 1.82) is 0 Å². The van der Waals surface area contributed by atoms with Crippen LogP contribution in [-0.4, -0.2) is 10.9 Å². The number of carbonyl (C=O) groups is 1. The number of aromatic nitrogens is 1. The smallest absolute Gasteiger partial charge is 0.261 e. The van der Waals surface area contributed by atoms with Gasteiger partial charge in [0.2, 0.25) is 0 Å². The van der Waals surface area contributed by atoms with Gasteiger partial charge in [-0.3, -0.25) is 9.78 Å². The number of hydrogen-bond donors (Lipinski definition) is 1. The molecule has 0 aliphatic carbocycles. The summed E-state index contributed by atoms with van der Waals surface area (Å²) in [6.45, 7) is 0. The number of benzene rings is 2. The minimum atomic E-state index is -0.993. The summed E-state index contributed by atoms with van der Waals surface area (Å²) in [6, 6.07) is 12.7. The molecule has 1 aromatic heterocycles. The highest BCUT2D eigenvalue weighted by molar-refractivity contribution is 6.09. The van der Waals surface area contributed by atoms with E-state index in [0.29, 0.717) is 5.69 Å². The summed E-state index contributed by atoms with van der Waals surface area (Å²) in [5, 5.41) is 4.25. The van der Waals surface area contributed by atoms with Crippen LogP contribution in [-0.2, 0) is 0 Å². The van der Waals surface area contributed by atoms with Crippen LogP contribution in [0.2, 0.25) is 0 Å². The van der Waals surface area contributed by atoms with Crippen LogP contribution in [0.1, 0.15) is 10.4 Å². The van der Waals surface area contributed by atoms with Crippen LogP contribution in [0.4, 0.5) is 14.5 Å². The van der Waals surface area contributed by atoms with E-state index < -0.39 is 23.1 Å². The molecule has 0 spiro atoms. The molecule has 3 rings (SSSR count). The average molecular weight is 284 g/mol. The molecule has 1 heterocycles. The molecule has 0 unspecified atom stereocenters. The fourth-order valence-corrected chi connectivity index (χ4v) is 2.15. The molecule has 0 saturated heterocycles. The Hall–Kier alpha value is -2.82. The van der Waals surface area contributed by atoms with E-state index in [1.165, 1.54) is 0 Å². The number of fused-ring (bicyclic) bond motifs is 1. The highest BCUT2D eigenvalue weighted by Gasteiger charge is 2.18. The Morgan fingerprint density at radius 3 is 2.38 bits per heavy atom. The fourth-order valence-electron chi connectivity index (χ4n) is 2.15. The van der Waals surface area contributed by atoms with Crippen molar-refractivity contribution in [1.82, 2.24) is 4.98 Å². The van der Waals surface area contributed by atoms with E-state index in [1.807, 2.05) is 30.3 Å². The summed E-state index contributed by atoms with van der Waals surface area (Å²) in [4.78, 5) is 15.4. The molecular weight excluding hydrogens is 274 g/mol. The van der Waals surface area contributed by atoms with Crippen LogP contribution in [0.25, 0.3) is 10.8 Å². The highest BCUT2D eigenvalue weighted by atomic mass is 19.1. The topological polar surface area (TPSA) is 42.0 Å². The van der Waals surface area contributed by atoms with Crippen molar-refractivity contribution in [3.8, 4) is 0 Å². The van der Waals surface area contributed by atoms with Gasteiger partial charge in [-0.2, -0.15) is 0 Å². The van der Waals surface area contributed by atoms with Crippen molar-refractivity contribution < 1.29 is 13.6 Å². The molecule has 3 aromatic rings. The molecule has 0 bridgehead atoms. The third-order valence-electron chi connectivity index (χ3n) is 3.12. The zero-order valence-electron chi connectivity index (χ0n) is 10.8. The van der Waals surface area contributed by atoms with Gasteiger partial charge in [-0.05, 0) is 11.5 Å². The monoisotopic (exact) mass is 284 g/mol. The van der Waals surface area contributed by atoms with E-state index in [2.05, 4.69) is 10.3 Å². The van der Waals surface area contributed by atoms with Crippen LogP contribution < -0.4 is 5.32 Å². The van der Waals surface area contributed by atoms with Crippen molar-refractivity contribution in [2.24, 2.45) is 0 Å². The Bertz CT molecular complexity index is 808. The summed E-state index contributed by atoms with van der Waals surface area (Å²) in [6.07, 6.45) is 1.61. The number of carbonyl (C=O) groups excluding carboxylic acids is 1. The van der Waals surface area contributed by atoms with E-state index in [0.717, 1.165) is 23.2 Å². The molecule has 0 radical (unpaired) electrons. The normalized spacial score (nSPS) is 10.6. The lowest BCUT2D eigenvalue weighted by Crippen LogP contribution is -2.16. The first-order chi connectivity index (χ1) is 10.2. The van der Waals surface area contributed by atoms with Crippen molar-refractivity contribution in [3.63, 3.8) is 0 Å². The number of anilines is 1. The number of halogens is 2. The van der Waals surface area contributed by atoms with Gasteiger partial charge in [0.15, 0.2) is 11.6 Å². The molecule has 0 aliphatic rings. The number of hydrogen-bond acceptors (Lipinski definition) is 2. The first kappa shape index (κ1) is 13.2. The first-order valence-electron chi connectivity index (χ1n) is 6.25. The van der Waals surface area contributed by atoms with Crippen LogP contribution in [0.5, 0.6) is 0 Å². The van der Waals surface area contributed by atoms with Gasteiger partial charge in [-0.15, -0.1) is 0 Å². The SMILES string of the molecule is O=C(Nc1cccc2ccccc12)c1c(F)cncc1F. The van der Waals surface area contributed by atoms with Gasteiger partial charge in [0.05, 0.1) is 12.4 Å². The lowest BCUT2D eigenvalue weighted by Gasteiger charge is -2.09. The van der Waals surface area contributed by atoms with Gasteiger partial charge in [0, 0.05) is 11.1 Å². The predicted molar refractivity (Wildman–Crippen MR) is 76.1 cm³/mol. The minimum Gasteiger partial charge on any atom is -0.321 e. The maximum atomic E-state index is 13.6. The number of nitrogens with zero attached hydrogens (tertiary/aromatic N) is 1. The lowest BCUT2D eigenvalue weighted by molar-refractivity contribution is 0.101. The van der Waals surface area contributed by atoms with Crippen molar-refractivity contribution in [2.45, 2.75) is 0 Å². The maximum Gasteiger partial charge on any atom is 0.261 e. The number of nitrogens with one attached hydrogen (secondary N) is 1. The number of amides is 1. The quantitative estimate of drug-likeness (QED) is 0.778. The molecule has 1 N–H and O–H groups in total. The molecule has 104 valence electrons. The number of rotatable bonds is 2. The molecule has 5 heteroatoms. The zero-order valence-corrected chi connectivity index (χ0v) is 10.8. The Morgan fingerprint density at radius 1 is 0.952 bits per heavy atom. The van der Waals surface area contributed by atoms with Gasteiger partial charge in [0.1, 0.15) is 5.56 Å². The van der Waals surface area contributed by atoms with Crippen molar-refractivity contribution in [2.75, 3.05) is 5.32 Å². The molecular formula is C16H10F2N2O. The van der Waals surface area contributed by atoms with E-state index >= 15 is 0 Å². The van der Waals surface area contributed by atoms with Gasteiger partial charge < -0.3 is 5.32 Å². The Kier molecular flexibility index (Phi) is 3.31. The van der Waals surface area contributed by atoms with E-state index in [9.17, 15) is 13.6 Å². The second-order valence-electron chi connectivity index (χ2n) is 4.46. The second kappa shape index (κ2) is 5.28. The summed E-state index contributed by atoms with van der Waals surface area (Å²) in [7, 11) is 0. The van der Waals surface area contributed by atoms with E-state index in [-0.39, 0.29) is 0 Å². The largest absolute Gasteiger partial charge is 0.321 e. The van der Waals surface area contributed by atoms with Crippen LogP contribution >= 0.6 is 0 Å². The minimum absolute atomic E-state index is 0.494. The molecule has 0 atom stereocenters. The van der Waals surface area contributed by atoms with Gasteiger partial charge in [0.25, 0.3) is 5.91 Å². The maximum absolute atomic E-state index is 13.6. The fraction of sp³-hybridized carbons (Fsp3) is 0. The van der Waals surface area contributed by atoms with Crippen molar-refractivity contribution in [3.05, 3.63) is 72.1 Å². The van der Waals surface area contributed by atoms with Gasteiger partial charge >= 0.3 is 0 Å². The number of pyridine rings is 1. The predicted octanol–water partition coefficient (Wildman–Crippen LogP) is 3.77. The summed E-state index contributed by atoms with van der Waals surface area (Å²) < 4.78 is 27.1. The lowest BCUT2D eigenvalue weighted by atomic mass is 10.1. The van der Waals surface area contributed by atoms with Gasteiger partial charge in [-0.1, -0.05) is 36.4 Å². The Labute approximate surface area is 119 Å². The average Bonchev–Trinajstić information content (AvgIpc) is 2.47. The molecule has 0 saturated carbocycles. The molecule has 3 nitrogen and oxygen atoms in total. The highest BCUT2D eigenvalue weighted by Crippen LogP contribution is 2.24. The second-order valence-corrected chi connectivity index (χ2v) is 4.46. The van der Waals surface area contributed by atoms with E-state index in [1.54, 1.807) is 12.1 Å². The third-order valence-corrected chi connectivity index (χ3v) is 3.12. The molecule has 2 aromatic carbocycles. The third kappa shape index (κ3) is 2.45. The molecule has 0 aliphatic heterocycles. The summed E-state index contributed by atoms with van der Waals surface area (Å²) in [5.74, 6) is -2.83. The summed E-state index contributed by atoms with van der Waals surface area (Å²) in [5.41, 5.74) is -0.147. The van der Waals surface area contributed by atoms with Crippen molar-refractivity contribution >= 4 is 22.4 Å². The Morgan fingerprint density at radius 2 is 1.62 bits per heavy atom. The first-order valence-corrected chi connectivity index (χ1v) is 6.25. The zero-order chi connectivity index (χ0) is 14.8. The van der Waals surface area contributed by atoms with Crippen LogP contribution in [0, 0.1) is 11.6 Å². The van der Waals surface area contributed by atoms with Gasteiger partial charge in [-0.25, -0.2) is 8.78 Å². The molecule has 1 amide bonds. The Balaban J connectivity index is 2.01. The van der Waals surface area contributed by atoms with Crippen LogP contribution in [0.3, 0.4) is 0 Å². The molecule has 0 fully saturated rings. The molecule has 21 heavy (non-hydrogen) atoms.